The number of hydrogen-bond acceptors (Lipinski definition) is 2. The van der Waals surface area contributed by atoms with Gasteiger partial charge in [-0.3, -0.25) is 4.79 Å². The van der Waals surface area contributed by atoms with E-state index in [1.54, 1.807) is 6.92 Å². The molecule has 1 unspecified atom stereocenters. The minimum absolute atomic E-state index is 0.156. The van der Waals surface area contributed by atoms with Gasteiger partial charge in [-0.05, 0) is 32.2 Å². The first-order valence-corrected chi connectivity index (χ1v) is 4.77. The summed E-state index contributed by atoms with van der Waals surface area (Å²) >= 11 is 0. The van der Waals surface area contributed by atoms with Crippen molar-refractivity contribution in [3.63, 3.8) is 0 Å². The molecular weight excluding hydrogens is 164 g/mol. The lowest BCUT2D eigenvalue weighted by atomic mass is 10.1. The molecule has 1 saturated heterocycles. The van der Waals surface area contributed by atoms with Crippen molar-refractivity contribution in [2.24, 2.45) is 0 Å². The Labute approximate surface area is 79.3 Å². The highest BCUT2D eigenvalue weighted by molar-refractivity contribution is 5.93. The van der Waals surface area contributed by atoms with Crippen molar-refractivity contribution >= 4 is 5.91 Å². The molecule has 0 aromatic rings. The quantitative estimate of drug-likeness (QED) is 0.569. The van der Waals surface area contributed by atoms with E-state index in [-0.39, 0.29) is 11.9 Å². The van der Waals surface area contributed by atoms with Crippen LogP contribution in [-0.4, -0.2) is 25.0 Å². The molecule has 1 rings (SSSR count). The molecule has 0 saturated carbocycles. The lowest BCUT2D eigenvalue weighted by Gasteiger charge is -2.13. The van der Waals surface area contributed by atoms with Gasteiger partial charge in [0, 0.05) is 12.6 Å². The third-order valence-corrected chi connectivity index (χ3v) is 2.12. The smallest absolute Gasteiger partial charge is 0.296 e. The largest absolute Gasteiger partial charge is 0.341 e. The standard InChI is InChI=1S/C10H16N2O/c1-2-5-10(13)12-9-6-3-4-7-11-8-9/h9,11H,3-4,6-8H2,1H3,(H,12,13). The van der Waals surface area contributed by atoms with Gasteiger partial charge in [0.2, 0.25) is 0 Å². The average Bonchev–Trinajstić information content (AvgIpc) is 2.33. The third kappa shape index (κ3) is 3.95. The number of carbonyl (C=O) groups is 1. The fourth-order valence-corrected chi connectivity index (χ4v) is 1.48. The summed E-state index contributed by atoms with van der Waals surface area (Å²) in [6.45, 7) is 3.61. The van der Waals surface area contributed by atoms with Crippen molar-refractivity contribution < 1.29 is 4.79 Å². The Hall–Kier alpha value is -1.01. The van der Waals surface area contributed by atoms with Crippen LogP contribution in [0, 0.1) is 11.8 Å². The summed E-state index contributed by atoms with van der Waals surface area (Å²) in [5.74, 6) is 4.92. The average molecular weight is 180 g/mol. The summed E-state index contributed by atoms with van der Waals surface area (Å²) in [7, 11) is 0. The Morgan fingerprint density at radius 3 is 3.15 bits per heavy atom. The lowest BCUT2D eigenvalue weighted by Crippen LogP contribution is -2.40. The van der Waals surface area contributed by atoms with Crippen molar-refractivity contribution in [3.05, 3.63) is 0 Å². The van der Waals surface area contributed by atoms with Crippen LogP contribution in [0.3, 0.4) is 0 Å². The second-order valence-corrected chi connectivity index (χ2v) is 3.25. The predicted octanol–water partition coefficient (Wildman–Crippen LogP) is 0.268. The summed E-state index contributed by atoms with van der Waals surface area (Å²) in [5, 5.41) is 6.17. The molecule has 0 bridgehead atoms. The molecule has 3 nitrogen and oxygen atoms in total. The zero-order valence-corrected chi connectivity index (χ0v) is 8.02. The van der Waals surface area contributed by atoms with E-state index < -0.39 is 0 Å². The molecule has 1 fully saturated rings. The molecule has 0 radical (unpaired) electrons. The van der Waals surface area contributed by atoms with Gasteiger partial charge in [-0.1, -0.05) is 12.3 Å². The molecule has 0 aliphatic carbocycles. The molecule has 1 aliphatic rings. The molecule has 1 heterocycles. The Bertz CT molecular complexity index is 219. The highest BCUT2D eigenvalue weighted by atomic mass is 16.1. The number of carbonyl (C=O) groups excluding carboxylic acids is 1. The number of nitrogens with one attached hydrogen (secondary N) is 2. The highest BCUT2D eigenvalue weighted by Crippen LogP contribution is 2.03. The molecule has 2 N–H and O–H groups in total. The molecule has 0 spiro atoms. The van der Waals surface area contributed by atoms with Gasteiger partial charge in [0.15, 0.2) is 0 Å². The Balaban J connectivity index is 2.32. The van der Waals surface area contributed by atoms with Crippen molar-refractivity contribution in [2.75, 3.05) is 13.1 Å². The summed E-state index contributed by atoms with van der Waals surface area (Å²) in [5.41, 5.74) is 0. The molecular formula is C10H16N2O. The molecule has 72 valence electrons. The van der Waals surface area contributed by atoms with Crippen LogP contribution < -0.4 is 10.6 Å². The predicted molar refractivity (Wildman–Crippen MR) is 52.1 cm³/mol. The van der Waals surface area contributed by atoms with Crippen LogP contribution in [0.15, 0.2) is 0 Å². The van der Waals surface area contributed by atoms with Crippen molar-refractivity contribution in [1.29, 1.82) is 0 Å². The second-order valence-electron chi connectivity index (χ2n) is 3.25. The number of amides is 1. The summed E-state index contributed by atoms with van der Waals surface area (Å²) < 4.78 is 0. The fourth-order valence-electron chi connectivity index (χ4n) is 1.48. The van der Waals surface area contributed by atoms with Crippen LogP contribution in [-0.2, 0) is 4.79 Å². The van der Waals surface area contributed by atoms with E-state index in [4.69, 9.17) is 0 Å². The molecule has 1 atom stereocenters. The van der Waals surface area contributed by atoms with Crippen LogP contribution in [0.2, 0.25) is 0 Å². The first-order chi connectivity index (χ1) is 6.33. The molecule has 1 amide bonds. The van der Waals surface area contributed by atoms with Crippen molar-refractivity contribution in [1.82, 2.24) is 10.6 Å². The SMILES string of the molecule is CC#CC(=O)NC1CCCCNC1. The van der Waals surface area contributed by atoms with Gasteiger partial charge in [0.1, 0.15) is 0 Å². The first kappa shape index (κ1) is 10.1. The minimum atomic E-state index is -0.156. The maximum absolute atomic E-state index is 11.1. The van der Waals surface area contributed by atoms with E-state index in [1.165, 1.54) is 12.8 Å². The number of rotatable bonds is 1. The van der Waals surface area contributed by atoms with Gasteiger partial charge in [-0.2, -0.15) is 0 Å². The van der Waals surface area contributed by atoms with Crippen LogP contribution in [0.25, 0.3) is 0 Å². The molecule has 0 aromatic carbocycles. The van der Waals surface area contributed by atoms with Crippen LogP contribution in [0.5, 0.6) is 0 Å². The van der Waals surface area contributed by atoms with E-state index in [9.17, 15) is 4.79 Å². The molecule has 13 heavy (non-hydrogen) atoms. The van der Waals surface area contributed by atoms with E-state index in [1.807, 2.05) is 0 Å². The van der Waals surface area contributed by atoms with E-state index >= 15 is 0 Å². The van der Waals surface area contributed by atoms with Crippen molar-refractivity contribution in [2.45, 2.75) is 32.2 Å². The Morgan fingerprint density at radius 1 is 1.54 bits per heavy atom. The maximum atomic E-state index is 11.1. The first-order valence-electron chi connectivity index (χ1n) is 4.77. The van der Waals surface area contributed by atoms with Gasteiger partial charge < -0.3 is 10.6 Å². The monoisotopic (exact) mass is 180 g/mol. The van der Waals surface area contributed by atoms with Crippen LogP contribution in [0.4, 0.5) is 0 Å². The molecule has 1 aliphatic heterocycles. The summed E-state index contributed by atoms with van der Waals surface area (Å²) in [6.07, 6.45) is 3.44. The third-order valence-electron chi connectivity index (χ3n) is 2.12. The fraction of sp³-hybridized carbons (Fsp3) is 0.700. The maximum Gasteiger partial charge on any atom is 0.296 e. The summed E-state index contributed by atoms with van der Waals surface area (Å²) in [6, 6.07) is 0.260. The number of hydrogen-bond donors (Lipinski definition) is 2. The Kier molecular flexibility index (Phi) is 4.34. The topological polar surface area (TPSA) is 41.1 Å². The lowest BCUT2D eigenvalue weighted by molar-refractivity contribution is -0.116. The molecule has 3 heteroatoms. The highest BCUT2D eigenvalue weighted by Gasteiger charge is 2.12. The van der Waals surface area contributed by atoms with Gasteiger partial charge >= 0.3 is 0 Å². The normalized spacial score (nSPS) is 22.4. The van der Waals surface area contributed by atoms with Gasteiger partial charge in [0.25, 0.3) is 5.91 Å². The minimum Gasteiger partial charge on any atom is -0.341 e. The second kappa shape index (κ2) is 5.60. The summed E-state index contributed by atoms with van der Waals surface area (Å²) in [4.78, 5) is 11.1. The van der Waals surface area contributed by atoms with Gasteiger partial charge in [0.05, 0.1) is 0 Å². The van der Waals surface area contributed by atoms with E-state index in [0.29, 0.717) is 0 Å². The Morgan fingerprint density at radius 2 is 2.38 bits per heavy atom. The van der Waals surface area contributed by atoms with Crippen LogP contribution in [0.1, 0.15) is 26.2 Å². The van der Waals surface area contributed by atoms with Gasteiger partial charge in [-0.15, -0.1) is 0 Å². The zero-order valence-electron chi connectivity index (χ0n) is 8.02. The van der Waals surface area contributed by atoms with Crippen LogP contribution >= 0.6 is 0 Å². The molecule has 0 aromatic heterocycles. The van der Waals surface area contributed by atoms with E-state index in [2.05, 4.69) is 22.5 Å². The van der Waals surface area contributed by atoms with E-state index in [0.717, 1.165) is 19.5 Å². The van der Waals surface area contributed by atoms with Crippen molar-refractivity contribution in [3.8, 4) is 11.8 Å². The van der Waals surface area contributed by atoms with Gasteiger partial charge in [-0.25, -0.2) is 0 Å². The zero-order chi connectivity index (χ0) is 9.52.